The molecule has 0 spiro atoms. The minimum Gasteiger partial charge on any atom is -0.307 e. The number of rotatable bonds is 5. The molecule has 0 atom stereocenters. The molecule has 0 bridgehead atoms. The molecule has 10 rings (SSSR count). The normalized spacial score (nSPS) is 11.6. The predicted molar refractivity (Wildman–Crippen MR) is 209 cm³/mol. The summed E-state index contributed by atoms with van der Waals surface area (Å²) < 4.78 is 5.03. The molecule has 10 aromatic rings. The molecule has 0 saturated heterocycles. The van der Waals surface area contributed by atoms with E-state index < -0.39 is 0 Å². The lowest BCUT2D eigenvalue weighted by atomic mass is 9.96. The summed E-state index contributed by atoms with van der Waals surface area (Å²) in [6, 6.07) is 59.5. The summed E-state index contributed by atoms with van der Waals surface area (Å²) in [7, 11) is 0. The second-order valence-electron chi connectivity index (χ2n) is 12.4. The first-order chi connectivity index (χ1) is 24.8. The van der Waals surface area contributed by atoms with Gasteiger partial charge >= 0.3 is 0 Å². The summed E-state index contributed by atoms with van der Waals surface area (Å²) in [5, 5.41) is 5.03. The topological polar surface area (TPSA) is 43.6 Å². The lowest BCUT2D eigenvalue weighted by Crippen LogP contribution is -2.03. The molecule has 0 saturated carbocycles. The molecule has 0 radical (unpaired) electrons. The molecule has 0 amide bonds. The molecular weight excluding hydrogens is 629 g/mol. The average Bonchev–Trinajstić information content (AvgIpc) is 3.74. The second kappa shape index (κ2) is 11.6. The third-order valence-electron chi connectivity index (χ3n) is 9.47. The summed E-state index contributed by atoms with van der Waals surface area (Å²) in [6.07, 6.45) is 0. The van der Waals surface area contributed by atoms with Gasteiger partial charge in [0.1, 0.15) is 0 Å². The van der Waals surface area contributed by atoms with Crippen molar-refractivity contribution in [2.75, 3.05) is 0 Å². The Kier molecular flexibility index (Phi) is 6.64. The van der Waals surface area contributed by atoms with Crippen LogP contribution in [0.15, 0.2) is 170 Å². The second-order valence-corrected chi connectivity index (χ2v) is 13.4. The minimum absolute atomic E-state index is 0.631. The Morgan fingerprint density at radius 1 is 0.400 bits per heavy atom. The van der Waals surface area contributed by atoms with Crippen LogP contribution in [-0.4, -0.2) is 19.5 Å². The first-order valence-electron chi connectivity index (χ1n) is 16.7. The lowest BCUT2D eigenvalue weighted by Gasteiger charge is -2.18. The zero-order valence-electron chi connectivity index (χ0n) is 26.9. The maximum absolute atomic E-state index is 5.18. The molecule has 0 N–H and O–H groups in total. The summed E-state index contributed by atoms with van der Waals surface area (Å²) >= 11 is 1.86. The Bertz CT molecular complexity index is 2800. The summed E-state index contributed by atoms with van der Waals surface area (Å²) in [5.74, 6) is 1.91. The van der Waals surface area contributed by atoms with Gasteiger partial charge in [0.05, 0.1) is 21.4 Å². The van der Waals surface area contributed by atoms with E-state index in [0.29, 0.717) is 17.5 Å². The van der Waals surface area contributed by atoms with Crippen molar-refractivity contribution in [2.45, 2.75) is 0 Å². The highest BCUT2D eigenvalue weighted by Crippen LogP contribution is 2.45. The quantitative estimate of drug-likeness (QED) is 0.185. The summed E-state index contributed by atoms with van der Waals surface area (Å²) in [4.78, 5) is 15.3. The predicted octanol–water partition coefficient (Wildman–Crippen LogP) is 12.0. The molecule has 0 unspecified atom stereocenters. The average molecular weight is 657 g/mol. The summed E-state index contributed by atoms with van der Waals surface area (Å²) in [6.45, 7) is 0. The van der Waals surface area contributed by atoms with E-state index in [9.17, 15) is 0 Å². The van der Waals surface area contributed by atoms with Crippen LogP contribution in [0.3, 0.4) is 0 Å². The molecule has 0 aliphatic heterocycles. The molecule has 0 aliphatic rings. The van der Waals surface area contributed by atoms with Gasteiger partial charge in [-0.05, 0) is 23.8 Å². The van der Waals surface area contributed by atoms with Crippen LogP contribution in [0, 0.1) is 0 Å². The van der Waals surface area contributed by atoms with E-state index in [1.54, 1.807) is 0 Å². The van der Waals surface area contributed by atoms with Crippen LogP contribution in [-0.2, 0) is 0 Å². The standard InChI is InChI=1S/C45H28N4S/c1-4-15-29(16-5-1)40-36(45-47-43(30-17-6-2-7-18-30)46-44(48-45)31-19-8-3-9-20-31)23-14-25-38(40)49-37-24-12-10-21-32(37)34-27-28-35-33-22-11-13-26-39(33)50-42(35)41(34)49/h1-28H. The molecule has 3 aromatic heterocycles. The fourth-order valence-electron chi connectivity index (χ4n) is 7.23. The minimum atomic E-state index is 0.631. The van der Waals surface area contributed by atoms with Crippen molar-refractivity contribution in [1.29, 1.82) is 0 Å². The van der Waals surface area contributed by atoms with Crippen molar-refractivity contribution in [3.63, 3.8) is 0 Å². The first kappa shape index (κ1) is 28.6. The van der Waals surface area contributed by atoms with Gasteiger partial charge in [-0.2, -0.15) is 0 Å². The van der Waals surface area contributed by atoms with Crippen LogP contribution in [0.25, 0.3) is 93.0 Å². The van der Waals surface area contributed by atoms with Gasteiger partial charge in [0.2, 0.25) is 0 Å². The highest BCUT2D eigenvalue weighted by atomic mass is 32.1. The van der Waals surface area contributed by atoms with E-state index in [0.717, 1.165) is 39.0 Å². The largest absolute Gasteiger partial charge is 0.307 e. The van der Waals surface area contributed by atoms with Crippen LogP contribution >= 0.6 is 11.3 Å². The Labute approximate surface area is 292 Å². The van der Waals surface area contributed by atoms with Crippen molar-refractivity contribution in [2.24, 2.45) is 0 Å². The highest BCUT2D eigenvalue weighted by Gasteiger charge is 2.23. The van der Waals surface area contributed by atoms with Gasteiger partial charge in [0.25, 0.3) is 0 Å². The van der Waals surface area contributed by atoms with Gasteiger partial charge in [-0.1, -0.05) is 152 Å². The third-order valence-corrected chi connectivity index (χ3v) is 10.7. The van der Waals surface area contributed by atoms with Gasteiger partial charge in [0.15, 0.2) is 17.5 Å². The number of para-hydroxylation sites is 1. The number of aromatic nitrogens is 4. The number of fused-ring (bicyclic) bond motifs is 7. The lowest BCUT2D eigenvalue weighted by molar-refractivity contribution is 1.07. The Hall–Kier alpha value is -6.43. The van der Waals surface area contributed by atoms with E-state index in [2.05, 4.69) is 138 Å². The highest BCUT2D eigenvalue weighted by molar-refractivity contribution is 7.26. The summed E-state index contributed by atoms with van der Waals surface area (Å²) in [5.41, 5.74) is 8.44. The van der Waals surface area contributed by atoms with E-state index in [4.69, 9.17) is 15.0 Å². The van der Waals surface area contributed by atoms with Crippen molar-refractivity contribution in [1.82, 2.24) is 19.5 Å². The molecule has 50 heavy (non-hydrogen) atoms. The number of hydrogen-bond acceptors (Lipinski definition) is 4. The van der Waals surface area contributed by atoms with Crippen LogP contribution in [0.1, 0.15) is 0 Å². The van der Waals surface area contributed by atoms with Crippen molar-refractivity contribution in [3.05, 3.63) is 170 Å². The monoisotopic (exact) mass is 656 g/mol. The third kappa shape index (κ3) is 4.55. The van der Waals surface area contributed by atoms with Gasteiger partial charge in [-0.15, -0.1) is 11.3 Å². The fraction of sp³-hybridized carbons (Fsp3) is 0. The number of nitrogens with zero attached hydrogens (tertiary/aromatic N) is 4. The number of benzene rings is 7. The number of thiophene rings is 1. The van der Waals surface area contributed by atoms with Crippen molar-refractivity contribution >= 4 is 53.3 Å². The van der Waals surface area contributed by atoms with Crippen LogP contribution in [0.5, 0.6) is 0 Å². The van der Waals surface area contributed by atoms with E-state index in [-0.39, 0.29) is 0 Å². The van der Waals surface area contributed by atoms with Crippen LogP contribution in [0.2, 0.25) is 0 Å². The van der Waals surface area contributed by atoms with Gasteiger partial charge in [-0.3, -0.25) is 0 Å². The molecule has 4 nitrogen and oxygen atoms in total. The zero-order valence-corrected chi connectivity index (χ0v) is 27.7. The maximum atomic E-state index is 5.18. The van der Waals surface area contributed by atoms with Crippen LogP contribution in [0.4, 0.5) is 0 Å². The fourth-order valence-corrected chi connectivity index (χ4v) is 8.47. The molecule has 234 valence electrons. The molecule has 3 heterocycles. The van der Waals surface area contributed by atoms with Gasteiger partial charge < -0.3 is 4.57 Å². The van der Waals surface area contributed by atoms with E-state index in [1.165, 1.54) is 36.5 Å². The van der Waals surface area contributed by atoms with Crippen LogP contribution < -0.4 is 0 Å². The molecule has 0 aliphatic carbocycles. The Balaban J connectivity index is 1.33. The van der Waals surface area contributed by atoms with Crippen molar-refractivity contribution < 1.29 is 0 Å². The maximum Gasteiger partial charge on any atom is 0.164 e. The SMILES string of the molecule is c1ccc(-c2nc(-c3ccccc3)nc(-c3cccc(-n4c5ccccc5c5ccc6c7ccccc7sc6c54)c3-c3ccccc3)n2)cc1. The van der Waals surface area contributed by atoms with Crippen molar-refractivity contribution in [3.8, 4) is 51.0 Å². The zero-order chi connectivity index (χ0) is 33.0. The van der Waals surface area contributed by atoms with Gasteiger partial charge in [-0.25, -0.2) is 15.0 Å². The van der Waals surface area contributed by atoms with Gasteiger partial charge in [0, 0.05) is 48.5 Å². The number of hydrogen-bond donors (Lipinski definition) is 0. The Morgan fingerprint density at radius 2 is 0.960 bits per heavy atom. The molecule has 5 heteroatoms. The Morgan fingerprint density at radius 3 is 1.66 bits per heavy atom. The van der Waals surface area contributed by atoms with E-state index in [1.807, 2.05) is 47.7 Å². The molecule has 7 aromatic carbocycles. The molecular formula is C45H28N4S. The smallest absolute Gasteiger partial charge is 0.164 e. The first-order valence-corrected chi connectivity index (χ1v) is 17.5. The molecule has 0 fully saturated rings. The van der Waals surface area contributed by atoms with E-state index >= 15 is 0 Å².